The molecular weight excluding hydrogens is 435 g/mol. The van der Waals surface area contributed by atoms with E-state index in [1.807, 2.05) is 48.5 Å². The first-order valence-electron chi connectivity index (χ1n) is 10.3. The fourth-order valence-corrected chi connectivity index (χ4v) is 4.54. The van der Waals surface area contributed by atoms with Crippen molar-refractivity contribution in [3.63, 3.8) is 0 Å². The molecule has 7 heteroatoms. The van der Waals surface area contributed by atoms with Crippen LogP contribution in [-0.2, 0) is 9.59 Å². The molecule has 0 unspecified atom stereocenters. The predicted octanol–water partition coefficient (Wildman–Crippen LogP) is 5.98. The van der Waals surface area contributed by atoms with E-state index < -0.39 is 5.97 Å². The Morgan fingerprint density at radius 2 is 1.68 bits per heavy atom. The number of benzene rings is 2. The minimum Gasteiger partial charge on any atom is -0.481 e. The minimum absolute atomic E-state index is 0.0576. The highest BCUT2D eigenvalue weighted by molar-refractivity contribution is 6.30. The first-order chi connectivity index (χ1) is 14.9. The Labute approximate surface area is 191 Å². The molecule has 1 heterocycles. The second-order valence-corrected chi connectivity index (χ2v) is 8.71. The lowest BCUT2D eigenvalue weighted by Gasteiger charge is -2.29. The van der Waals surface area contributed by atoms with Crippen LogP contribution in [0.4, 0.5) is 0 Å². The van der Waals surface area contributed by atoms with Gasteiger partial charge in [-0.25, -0.2) is 5.01 Å². The van der Waals surface area contributed by atoms with Crippen LogP contribution in [0.3, 0.4) is 0 Å². The van der Waals surface area contributed by atoms with Gasteiger partial charge in [-0.1, -0.05) is 47.5 Å². The number of hydrogen-bond donors (Lipinski definition) is 1. The summed E-state index contributed by atoms with van der Waals surface area (Å²) in [6.07, 6.45) is 4.58. The molecule has 2 aliphatic rings. The number of hydrazone groups is 1. The lowest BCUT2D eigenvalue weighted by Crippen LogP contribution is -2.32. The summed E-state index contributed by atoms with van der Waals surface area (Å²) in [5, 5.41) is 16.6. The zero-order chi connectivity index (χ0) is 22.0. The van der Waals surface area contributed by atoms with Gasteiger partial charge in [-0.2, -0.15) is 5.10 Å². The van der Waals surface area contributed by atoms with E-state index in [0.717, 1.165) is 41.7 Å². The number of allylic oxidation sites excluding steroid dienone is 1. The third kappa shape index (κ3) is 4.83. The maximum atomic E-state index is 12.9. The standard InChI is InChI=1S/C24H22Cl2N2O3/c25-18-8-4-15(5-9-18)14-17-2-1-3-20-23(17)27-28(21(29)12-13-22(30)31)24(20)16-6-10-19(26)11-7-16/h4-11,14,20,24H,1-3,12-13H2,(H,30,31)/b17-14+/t20-,24-/m1/s1. The van der Waals surface area contributed by atoms with Gasteiger partial charge in [0.05, 0.1) is 18.2 Å². The van der Waals surface area contributed by atoms with E-state index in [-0.39, 0.29) is 30.7 Å². The molecule has 0 saturated heterocycles. The molecule has 0 aromatic heterocycles. The van der Waals surface area contributed by atoms with Crippen LogP contribution >= 0.6 is 23.2 Å². The molecule has 1 N–H and O–H groups in total. The molecule has 0 radical (unpaired) electrons. The molecule has 1 amide bonds. The first kappa shape index (κ1) is 21.6. The van der Waals surface area contributed by atoms with Crippen LogP contribution in [0.15, 0.2) is 59.2 Å². The number of carbonyl (C=O) groups excluding carboxylic acids is 1. The Hall–Kier alpha value is -2.63. The number of carboxylic acids is 1. The lowest BCUT2D eigenvalue weighted by atomic mass is 9.77. The van der Waals surface area contributed by atoms with E-state index in [1.165, 1.54) is 5.01 Å². The van der Waals surface area contributed by atoms with E-state index in [9.17, 15) is 9.59 Å². The van der Waals surface area contributed by atoms with Crippen LogP contribution in [0.2, 0.25) is 10.0 Å². The average Bonchev–Trinajstić information content (AvgIpc) is 3.15. The van der Waals surface area contributed by atoms with E-state index in [2.05, 4.69) is 6.08 Å². The van der Waals surface area contributed by atoms with Gasteiger partial charge in [-0.15, -0.1) is 0 Å². The zero-order valence-electron chi connectivity index (χ0n) is 16.8. The van der Waals surface area contributed by atoms with E-state index >= 15 is 0 Å². The smallest absolute Gasteiger partial charge is 0.303 e. The molecular formula is C24H22Cl2N2O3. The van der Waals surface area contributed by atoms with Crippen LogP contribution in [0.5, 0.6) is 0 Å². The molecule has 1 fully saturated rings. The molecule has 31 heavy (non-hydrogen) atoms. The number of fused-ring (bicyclic) bond motifs is 1. The number of halogens is 2. The topological polar surface area (TPSA) is 70.0 Å². The number of rotatable bonds is 5. The zero-order valence-corrected chi connectivity index (χ0v) is 18.3. The Balaban J connectivity index is 1.70. The van der Waals surface area contributed by atoms with Gasteiger partial charge in [0.2, 0.25) is 5.91 Å². The molecule has 2 aromatic rings. The van der Waals surface area contributed by atoms with E-state index in [0.29, 0.717) is 10.0 Å². The molecule has 0 spiro atoms. The van der Waals surface area contributed by atoms with Crippen molar-refractivity contribution in [2.24, 2.45) is 11.0 Å². The van der Waals surface area contributed by atoms with Crippen molar-refractivity contribution < 1.29 is 14.7 Å². The third-order valence-electron chi connectivity index (χ3n) is 5.73. The monoisotopic (exact) mass is 456 g/mol. The summed E-state index contributed by atoms with van der Waals surface area (Å²) < 4.78 is 0. The van der Waals surface area contributed by atoms with Crippen molar-refractivity contribution in [3.05, 3.63) is 75.3 Å². The van der Waals surface area contributed by atoms with Gasteiger partial charge in [-0.3, -0.25) is 9.59 Å². The van der Waals surface area contributed by atoms with Gasteiger partial charge in [0.1, 0.15) is 0 Å². The second kappa shape index (κ2) is 9.25. The fraction of sp³-hybridized carbons (Fsp3) is 0.292. The summed E-state index contributed by atoms with van der Waals surface area (Å²) in [7, 11) is 0. The minimum atomic E-state index is -0.996. The third-order valence-corrected chi connectivity index (χ3v) is 6.24. The molecule has 5 nitrogen and oxygen atoms in total. The highest BCUT2D eigenvalue weighted by Gasteiger charge is 2.43. The number of amides is 1. The summed E-state index contributed by atoms with van der Waals surface area (Å²) in [6, 6.07) is 14.8. The normalized spacial score (nSPS) is 21.7. The van der Waals surface area contributed by atoms with Crippen LogP contribution in [0, 0.1) is 5.92 Å². The van der Waals surface area contributed by atoms with Gasteiger partial charge in [0, 0.05) is 22.4 Å². The average molecular weight is 457 g/mol. The van der Waals surface area contributed by atoms with Gasteiger partial charge < -0.3 is 5.11 Å². The lowest BCUT2D eigenvalue weighted by molar-refractivity contribution is -0.141. The van der Waals surface area contributed by atoms with E-state index in [1.54, 1.807) is 0 Å². The Kier molecular flexibility index (Phi) is 6.44. The summed E-state index contributed by atoms with van der Waals surface area (Å²) in [6.45, 7) is 0. The molecule has 1 aliphatic carbocycles. The number of nitrogens with zero attached hydrogens (tertiary/aromatic N) is 2. The molecule has 2 aromatic carbocycles. The number of carbonyl (C=O) groups is 2. The summed E-state index contributed by atoms with van der Waals surface area (Å²) in [5.41, 5.74) is 3.99. The van der Waals surface area contributed by atoms with Crippen LogP contribution < -0.4 is 0 Å². The molecule has 0 bridgehead atoms. The van der Waals surface area contributed by atoms with E-state index in [4.69, 9.17) is 33.4 Å². The predicted molar refractivity (Wildman–Crippen MR) is 122 cm³/mol. The van der Waals surface area contributed by atoms with Crippen molar-refractivity contribution >= 4 is 46.9 Å². The quantitative estimate of drug-likeness (QED) is 0.601. The maximum Gasteiger partial charge on any atom is 0.303 e. The molecule has 160 valence electrons. The van der Waals surface area contributed by atoms with Crippen LogP contribution in [0.1, 0.15) is 49.3 Å². The molecule has 1 saturated carbocycles. The molecule has 4 rings (SSSR count). The van der Waals surface area contributed by atoms with Gasteiger partial charge in [0.25, 0.3) is 0 Å². The Bertz CT molecular complexity index is 1050. The van der Waals surface area contributed by atoms with Gasteiger partial charge in [-0.05, 0) is 66.3 Å². The van der Waals surface area contributed by atoms with Gasteiger partial charge >= 0.3 is 5.97 Å². The SMILES string of the molecule is O=C(O)CCC(=O)N1N=C2/C(=C/c3ccc(Cl)cc3)CCC[C@H]2[C@H]1c1ccc(Cl)cc1. The maximum absolute atomic E-state index is 12.9. The number of carboxylic acid groups (broad SMARTS) is 1. The second-order valence-electron chi connectivity index (χ2n) is 7.83. The Morgan fingerprint density at radius 3 is 2.32 bits per heavy atom. The fourth-order valence-electron chi connectivity index (χ4n) is 4.29. The molecule has 1 aliphatic heterocycles. The number of aliphatic carboxylic acids is 1. The largest absolute Gasteiger partial charge is 0.481 e. The Morgan fingerprint density at radius 1 is 1.03 bits per heavy atom. The summed E-state index contributed by atoms with van der Waals surface area (Å²) in [4.78, 5) is 23.9. The molecule has 2 atom stereocenters. The number of hydrogen-bond acceptors (Lipinski definition) is 3. The van der Waals surface area contributed by atoms with Crippen molar-refractivity contribution in [2.45, 2.75) is 38.1 Å². The van der Waals surface area contributed by atoms with Crippen LogP contribution in [-0.4, -0.2) is 27.7 Å². The van der Waals surface area contributed by atoms with Crippen molar-refractivity contribution in [3.8, 4) is 0 Å². The first-order valence-corrected chi connectivity index (χ1v) is 11.0. The summed E-state index contributed by atoms with van der Waals surface area (Å²) in [5.74, 6) is -1.22. The summed E-state index contributed by atoms with van der Waals surface area (Å²) >= 11 is 12.1. The van der Waals surface area contributed by atoms with Crippen LogP contribution in [0.25, 0.3) is 6.08 Å². The highest BCUT2D eigenvalue weighted by Crippen LogP contribution is 2.44. The van der Waals surface area contributed by atoms with Crippen molar-refractivity contribution in [2.75, 3.05) is 0 Å². The highest BCUT2D eigenvalue weighted by atomic mass is 35.5. The van der Waals surface area contributed by atoms with Crippen molar-refractivity contribution in [1.82, 2.24) is 5.01 Å². The van der Waals surface area contributed by atoms with Crippen molar-refractivity contribution in [1.29, 1.82) is 0 Å². The van der Waals surface area contributed by atoms with Gasteiger partial charge in [0.15, 0.2) is 0 Å².